The Morgan fingerprint density at radius 2 is 1.85 bits per heavy atom. The van der Waals surface area contributed by atoms with Gasteiger partial charge in [0.15, 0.2) is 0 Å². The van der Waals surface area contributed by atoms with E-state index >= 15 is 0 Å². The third-order valence-corrected chi connectivity index (χ3v) is 5.70. The number of para-hydroxylation sites is 1. The quantitative estimate of drug-likeness (QED) is 0.673. The van der Waals surface area contributed by atoms with E-state index in [1.165, 1.54) is 6.07 Å². The maximum atomic E-state index is 12.4. The Bertz CT molecular complexity index is 1090. The zero-order valence-corrected chi connectivity index (χ0v) is 15.4. The van der Waals surface area contributed by atoms with Crippen LogP contribution in [0.25, 0.3) is 0 Å². The van der Waals surface area contributed by atoms with Crippen LogP contribution < -0.4 is 5.63 Å². The van der Waals surface area contributed by atoms with E-state index in [4.69, 9.17) is 4.42 Å². The summed E-state index contributed by atoms with van der Waals surface area (Å²) in [6.45, 7) is 1.62. The van der Waals surface area contributed by atoms with Crippen LogP contribution in [0.2, 0.25) is 0 Å². The van der Waals surface area contributed by atoms with Gasteiger partial charge in [-0.25, -0.2) is 4.79 Å². The number of benzene rings is 2. The van der Waals surface area contributed by atoms with Gasteiger partial charge in [-0.2, -0.15) is 0 Å². The Balaban J connectivity index is 1.86. The number of aryl methyl sites for hydroxylation is 1. The summed E-state index contributed by atoms with van der Waals surface area (Å²) in [7, 11) is 0. The highest BCUT2D eigenvalue weighted by Crippen LogP contribution is 2.45. The average Bonchev–Trinajstić information content (AvgIpc) is 2.81. The summed E-state index contributed by atoms with van der Waals surface area (Å²) >= 11 is 1.64. The molecule has 1 atom stereocenters. The maximum Gasteiger partial charge on any atom is 0.348 e. The first-order valence-corrected chi connectivity index (χ1v) is 9.35. The Morgan fingerprint density at radius 1 is 1.11 bits per heavy atom. The van der Waals surface area contributed by atoms with Gasteiger partial charge in [-0.3, -0.25) is 4.99 Å². The second-order valence-corrected chi connectivity index (χ2v) is 7.58. The molecule has 0 spiro atoms. The van der Waals surface area contributed by atoms with E-state index in [0.717, 1.165) is 16.1 Å². The first-order valence-electron chi connectivity index (χ1n) is 8.47. The van der Waals surface area contributed by atoms with Crippen LogP contribution in [0.4, 0.5) is 5.69 Å². The molecule has 1 aromatic heterocycles. The molecule has 0 unspecified atom stereocenters. The molecular formula is C21H17NO4S. The summed E-state index contributed by atoms with van der Waals surface area (Å²) in [5, 5.41) is 19.9. The topological polar surface area (TPSA) is 83.0 Å². The van der Waals surface area contributed by atoms with E-state index in [2.05, 4.69) is 4.99 Å². The molecule has 2 heterocycles. The minimum atomic E-state index is -0.597. The van der Waals surface area contributed by atoms with Crippen LogP contribution in [0, 0.1) is 6.92 Å². The lowest BCUT2D eigenvalue weighted by Gasteiger charge is -2.16. The normalized spacial score (nSPS) is 16.3. The molecule has 27 heavy (non-hydrogen) atoms. The zero-order chi connectivity index (χ0) is 19.0. The summed E-state index contributed by atoms with van der Waals surface area (Å²) in [5.74, 6) is 0.417. The number of nitrogens with zero attached hydrogens (tertiary/aromatic N) is 1. The van der Waals surface area contributed by atoms with Crippen molar-refractivity contribution in [2.75, 3.05) is 0 Å². The lowest BCUT2D eigenvalue weighted by Crippen LogP contribution is -2.16. The molecule has 0 fully saturated rings. The highest BCUT2D eigenvalue weighted by Gasteiger charge is 2.26. The Labute approximate surface area is 160 Å². The van der Waals surface area contributed by atoms with Crippen molar-refractivity contribution in [2.45, 2.75) is 23.5 Å². The molecule has 1 aliphatic rings. The molecular weight excluding hydrogens is 362 g/mol. The third kappa shape index (κ3) is 3.48. The summed E-state index contributed by atoms with van der Waals surface area (Å²) < 4.78 is 5.19. The minimum absolute atomic E-state index is 0.0342. The molecule has 5 nitrogen and oxygen atoms in total. The number of thioether (sulfide) groups is 1. The first-order chi connectivity index (χ1) is 13.0. The number of rotatable bonds is 2. The van der Waals surface area contributed by atoms with Gasteiger partial charge in [-0.05, 0) is 36.8 Å². The molecule has 4 rings (SSSR count). The Kier molecular flexibility index (Phi) is 4.49. The van der Waals surface area contributed by atoms with Crippen molar-refractivity contribution in [3.63, 3.8) is 0 Å². The van der Waals surface area contributed by atoms with Crippen molar-refractivity contribution in [1.82, 2.24) is 0 Å². The van der Waals surface area contributed by atoms with E-state index in [1.54, 1.807) is 30.8 Å². The van der Waals surface area contributed by atoms with Crippen molar-refractivity contribution in [3.05, 3.63) is 81.9 Å². The second kappa shape index (κ2) is 6.96. The standard InChI is InChI=1S/C21H17NO4S/c1-12-10-17(24)20(21(25)26-12)16-11-19(13-6-8-14(23)9-7-13)27-18-5-3-2-4-15(18)22-16/h2-10,19,23-24H,11H2,1H3/t19-/m1/s1. The van der Waals surface area contributed by atoms with Crippen molar-refractivity contribution < 1.29 is 14.6 Å². The van der Waals surface area contributed by atoms with Crippen molar-refractivity contribution in [1.29, 1.82) is 0 Å². The number of aromatic hydroxyl groups is 2. The summed E-state index contributed by atoms with van der Waals surface area (Å²) in [4.78, 5) is 18.1. The molecule has 0 aliphatic carbocycles. The lowest BCUT2D eigenvalue weighted by molar-refractivity contribution is 0.432. The largest absolute Gasteiger partial charge is 0.508 e. The van der Waals surface area contributed by atoms with Crippen LogP contribution in [0.5, 0.6) is 11.5 Å². The van der Waals surface area contributed by atoms with Gasteiger partial charge in [0.25, 0.3) is 0 Å². The van der Waals surface area contributed by atoms with Crippen LogP contribution in [-0.4, -0.2) is 15.9 Å². The monoisotopic (exact) mass is 379 g/mol. The van der Waals surface area contributed by atoms with Crippen LogP contribution in [-0.2, 0) is 0 Å². The van der Waals surface area contributed by atoms with Crippen LogP contribution >= 0.6 is 11.8 Å². The van der Waals surface area contributed by atoms with E-state index < -0.39 is 5.63 Å². The van der Waals surface area contributed by atoms with Crippen LogP contribution in [0.1, 0.15) is 28.6 Å². The highest BCUT2D eigenvalue weighted by atomic mass is 32.2. The van der Waals surface area contributed by atoms with E-state index in [0.29, 0.717) is 17.9 Å². The molecule has 136 valence electrons. The van der Waals surface area contributed by atoms with Gasteiger partial charge in [0.2, 0.25) is 0 Å². The zero-order valence-electron chi connectivity index (χ0n) is 14.5. The number of aliphatic imine (C=N–C) groups is 1. The third-order valence-electron chi connectivity index (χ3n) is 4.38. The van der Waals surface area contributed by atoms with Gasteiger partial charge >= 0.3 is 5.63 Å². The fraction of sp³-hybridized carbons (Fsp3) is 0.143. The predicted molar refractivity (Wildman–Crippen MR) is 105 cm³/mol. The molecule has 2 aromatic carbocycles. The van der Waals surface area contributed by atoms with Gasteiger partial charge in [-0.15, -0.1) is 11.8 Å². The van der Waals surface area contributed by atoms with E-state index in [-0.39, 0.29) is 22.3 Å². The number of fused-ring (bicyclic) bond motifs is 1. The molecule has 1 aliphatic heterocycles. The maximum absolute atomic E-state index is 12.4. The number of phenolic OH excluding ortho intramolecular Hbond substituents is 1. The van der Waals surface area contributed by atoms with Crippen LogP contribution in [0.3, 0.4) is 0 Å². The molecule has 0 saturated carbocycles. The first kappa shape index (κ1) is 17.4. The average molecular weight is 379 g/mol. The van der Waals surface area contributed by atoms with E-state index in [9.17, 15) is 15.0 Å². The lowest BCUT2D eigenvalue weighted by atomic mass is 10.0. The summed E-state index contributed by atoms with van der Waals surface area (Å²) in [6, 6.07) is 16.1. The van der Waals surface area contributed by atoms with Crippen molar-refractivity contribution >= 4 is 23.2 Å². The molecule has 2 N–H and O–H groups in total. The molecule has 0 amide bonds. The fourth-order valence-corrected chi connectivity index (χ4v) is 4.34. The number of hydrogen-bond donors (Lipinski definition) is 2. The van der Waals surface area contributed by atoms with Crippen molar-refractivity contribution in [3.8, 4) is 11.5 Å². The Morgan fingerprint density at radius 3 is 2.59 bits per heavy atom. The predicted octanol–water partition coefficient (Wildman–Crippen LogP) is 4.72. The van der Waals surface area contributed by atoms with Gasteiger partial charge in [0.05, 0.1) is 11.4 Å². The Hall–Kier alpha value is -2.99. The minimum Gasteiger partial charge on any atom is -0.508 e. The summed E-state index contributed by atoms with van der Waals surface area (Å²) in [6.07, 6.45) is 0.436. The van der Waals surface area contributed by atoms with Gasteiger partial charge in [0, 0.05) is 22.6 Å². The number of hydrogen-bond acceptors (Lipinski definition) is 6. The molecule has 0 radical (unpaired) electrons. The molecule has 0 saturated heterocycles. The van der Waals surface area contributed by atoms with Gasteiger partial charge in [0.1, 0.15) is 22.8 Å². The van der Waals surface area contributed by atoms with Crippen molar-refractivity contribution in [2.24, 2.45) is 4.99 Å². The smallest absolute Gasteiger partial charge is 0.348 e. The van der Waals surface area contributed by atoms with Crippen LogP contribution in [0.15, 0.2) is 73.7 Å². The highest BCUT2D eigenvalue weighted by molar-refractivity contribution is 7.99. The van der Waals surface area contributed by atoms with Gasteiger partial charge in [-0.1, -0.05) is 24.3 Å². The summed E-state index contributed by atoms with van der Waals surface area (Å²) in [5.41, 5.74) is 1.73. The SMILES string of the molecule is Cc1cc(O)c(C2=Nc3ccccc3S[C@@H](c3ccc(O)cc3)C2)c(=O)o1. The van der Waals surface area contributed by atoms with E-state index in [1.807, 2.05) is 36.4 Å². The molecule has 6 heteroatoms. The molecule has 3 aromatic rings. The van der Waals surface area contributed by atoms with Gasteiger partial charge < -0.3 is 14.6 Å². The fourth-order valence-electron chi connectivity index (χ4n) is 3.11. The number of phenols is 1. The molecule has 0 bridgehead atoms. The second-order valence-electron chi connectivity index (χ2n) is 6.33.